The zero-order valence-electron chi connectivity index (χ0n) is 17.9. The Bertz CT molecular complexity index is 1540. The number of benzene rings is 3. The number of rotatable bonds is 7. The van der Waals surface area contributed by atoms with Crippen LogP contribution in [0.4, 0.5) is 5.69 Å². The van der Waals surface area contributed by atoms with Gasteiger partial charge in [0.25, 0.3) is 15.9 Å². The molecule has 7 nitrogen and oxygen atoms in total. The van der Waals surface area contributed by atoms with Gasteiger partial charge in [0.15, 0.2) is 0 Å². The van der Waals surface area contributed by atoms with E-state index in [4.69, 9.17) is 46.4 Å². The first kappa shape index (κ1) is 25.9. The van der Waals surface area contributed by atoms with Gasteiger partial charge in [-0.05, 0) is 47.9 Å². The standard InChI is InChI=1S/C22H16Cl4N4O3S2/c1-11(12-5-6-14(23)15(24)7-12)10-27-22(31)13-8-16(25)17(26)9-19(13)30-35(32,33)20-4-2-3-18-21(20)29-34-28-18/h2-9,11,30H,10H2,1H3,(H,27,31). The molecule has 1 atom stereocenters. The molecule has 1 unspecified atom stereocenters. The van der Waals surface area contributed by atoms with Crippen molar-refractivity contribution in [1.82, 2.24) is 14.1 Å². The summed E-state index contributed by atoms with van der Waals surface area (Å²) in [5.41, 5.74) is 1.53. The largest absolute Gasteiger partial charge is 0.351 e. The molecule has 0 aliphatic rings. The minimum absolute atomic E-state index is 0.00731. The molecule has 0 saturated carbocycles. The van der Waals surface area contributed by atoms with Crippen molar-refractivity contribution >= 4 is 90.8 Å². The summed E-state index contributed by atoms with van der Waals surface area (Å²) in [5, 5.41) is 3.82. The number of aromatic nitrogens is 2. The lowest BCUT2D eigenvalue weighted by molar-refractivity contribution is 0.0952. The predicted octanol–water partition coefficient (Wildman–Crippen LogP) is 6.64. The van der Waals surface area contributed by atoms with E-state index in [9.17, 15) is 13.2 Å². The molecule has 4 aromatic rings. The number of sulfonamides is 1. The number of hydrogen-bond acceptors (Lipinski definition) is 6. The number of hydrogen-bond donors (Lipinski definition) is 2. The maximum absolute atomic E-state index is 13.2. The van der Waals surface area contributed by atoms with E-state index in [2.05, 4.69) is 18.8 Å². The van der Waals surface area contributed by atoms with Gasteiger partial charge in [-0.25, -0.2) is 8.42 Å². The average molecular weight is 590 g/mol. The maximum atomic E-state index is 13.2. The molecular weight excluding hydrogens is 574 g/mol. The normalized spacial score (nSPS) is 12.5. The molecule has 0 radical (unpaired) electrons. The van der Waals surface area contributed by atoms with E-state index in [-0.39, 0.29) is 44.2 Å². The molecule has 0 aliphatic carbocycles. The molecule has 0 fully saturated rings. The number of nitrogens with one attached hydrogen (secondary N) is 2. The number of halogens is 4. The molecule has 0 aliphatic heterocycles. The Morgan fingerprint density at radius 2 is 1.69 bits per heavy atom. The van der Waals surface area contributed by atoms with Crippen LogP contribution in [-0.4, -0.2) is 29.6 Å². The molecule has 1 heterocycles. The molecule has 4 rings (SSSR count). The second kappa shape index (κ2) is 10.5. The van der Waals surface area contributed by atoms with Gasteiger partial charge in [-0.15, -0.1) is 0 Å². The zero-order valence-corrected chi connectivity index (χ0v) is 22.5. The number of nitrogens with zero attached hydrogens (tertiary/aromatic N) is 2. The van der Waals surface area contributed by atoms with E-state index in [1.54, 1.807) is 24.3 Å². The fraction of sp³-hybridized carbons (Fsp3) is 0.136. The van der Waals surface area contributed by atoms with E-state index in [1.165, 1.54) is 18.2 Å². The lowest BCUT2D eigenvalue weighted by Gasteiger charge is -2.17. The van der Waals surface area contributed by atoms with Crippen molar-refractivity contribution in [3.05, 3.63) is 79.7 Å². The first-order valence-electron chi connectivity index (χ1n) is 10.0. The van der Waals surface area contributed by atoms with Gasteiger partial charge in [-0.1, -0.05) is 65.5 Å². The Morgan fingerprint density at radius 3 is 2.43 bits per heavy atom. The Balaban J connectivity index is 1.60. The summed E-state index contributed by atoms with van der Waals surface area (Å²) in [5.74, 6) is -0.645. The lowest BCUT2D eigenvalue weighted by atomic mass is 10.0. The van der Waals surface area contributed by atoms with E-state index < -0.39 is 15.9 Å². The summed E-state index contributed by atoms with van der Waals surface area (Å²) in [6.07, 6.45) is 0. The van der Waals surface area contributed by atoms with Crippen LogP contribution < -0.4 is 10.0 Å². The molecule has 3 aromatic carbocycles. The van der Waals surface area contributed by atoms with Crippen LogP contribution in [0.3, 0.4) is 0 Å². The molecule has 1 aromatic heterocycles. The van der Waals surface area contributed by atoms with E-state index in [0.717, 1.165) is 17.3 Å². The van der Waals surface area contributed by atoms with Crippen LogP contribution in [0.5, 0.6) is 0 Å². The fourth-order valence-corrected chi connectivity index (χ4v) is 5.77. The van der Waals surface area contributed by atoms with Gasteiger partial charge in [-0.3, -0.25) is 9.52 Å². The van der Waals surface area contributed by atoms with E-state index in [1.807, 2.05) is 13.0 Å². The first-order valence-corrected chi connectivity index (χ1v) is 13.8. The van der Waals surface area contributed by atoms with Crippen molar-refractivity contribution in [3.8, 4) is 0 Å². The summed E-state index contributed by atoms with van der Waals surface area (Å²) >= 11 is 25.2. The molecule has 182 valence electrons. The summed E-state index contributed by atoms with van der Waals surface area (Å²) in [6.45, 7) is 2.15. The number of anilines is 1. The Kier molecular flexibility index (Phi) is 7.75. The number of fused-ring (bicyclic) bond motifs is 1. The second-order valence-corrected chi connectivity index (χ2v) is 11.4. The lowest BCUT2D eigenvalue weighted by Crippen LogP contribution is -2.29. The Hall–Kier alpha value is -2.14. The summed E-state index contributed by atoms with van der Waals surface area (Å²) in [4.78, 5) is 13.0. The minimum Gasteiger partial charge on any atom is -0.351 e. The van der Waals surface area contributed by atoms with E-state index >= 15 is 0 Å². The van der Waals surface area contributed by atoms with Crippen LogP contribution >= 0.6 is 58.1 Å². The molecule has 1 amide bonds. The van der Waals surface area contributed by atoms with Crippen LogP contribution in [0.15, 0.2) is 53.4 Å². The van der Waals surface area contributed by atoms with Gasteiger partial charge < -0.3 is 5.32 Å². The molecular formula is C22H16Cl4N4O3S2. The highest BCUT2D eigenvalue weighted by Crippen LogP contribution is 2.32. The molecule has 0 bridgehead atoms. The topological polar surface area (TPSA) is 101 Å². The van der Waals surface area contributed by atoms with Crippen LogP contribution in [0, 0.1) is 0 Å². The molecule has 0 saturated heterocycles. The number of amides is 1. The summed E-state index contributed by atoms with van der Waals surface area (Å²) in [7, 11) is -4.13. The van der Waals surface area contributed by atoms with Gasteiger partial charge in [0, 0.05) is 6.54 Å². The Labute approximate surface area is 225 Å². The molecule has 35 heavy (non-hydrogen) atoms. The zero-order chi connectivity index (χ0) is 25.3. The average Bonchev–Trinajstić information content (AvgIpc) is 3.30. The van der Waals surface area contributed by atoms with Crippen molar-refractivity contribution in [1.29, 1.82) is 0 Å². The second-order valence-electron chi connectivity index (χ2n) is 7.59. The van der Waals surface area contributed by atoms with Gasteiger partial charge in [0.05, 0.1) is 43.1 Å². The molecule has 0 spiro atoms. The van der Waals surface area contributed by atoms with Crippen LogP contribution in [-0.2, 0) is 10.0 Å². The third-order valence-electron chi connectivity index (χ3n) is 5.17. The van der Waals surface area contributed by atoms with Crippen molar-refractivity contribution < 1.29 is 13.2 Å². The SMILES string of the molecule is CC(CNC(=O)c1cc(Cl)c(Cl)cc1NS(=O)(=O)c1cccc2nsnc12)c1ccc(Cl)c(Cl)c1. The quantitative estimate of drug-likeness (QED) is 0.252. The van der Waals surface area contributed by atoms with Gasteiger partial charge in [0.2, 0.25) is 0 Å². The predicted molar refractivity (Wildman–Crippen MR) is 142 cm³/mol. The maximum Gasteiger partial charge on any atom is 0.264 e. The van der Waals surface area contributed by atoms with Crippen molar-refractivity contribution in [2.24, 2.45) is 0 Å². The highest BCUT2D eigenvalue weighted by Gasteiger charge is 2.24. The monoisotopic (exact) mass is 588 g/mol. The van der Waals surface area contributed by atoms with Gasteiger partial charge in [-0.2, -0.15) is 8.75 Å². The van der Waals surface area contributed by atoms with Gasteiger partial charge in [0.1, 0.15) is 15.9 Å². The summed E-state index contributed by atoms with van der Waals surface area (Å²) in [6, 6.07) is 12.5. The Morgan fingerprint density at radius 1 is 0.971 bits per heavy atom. The van der Waals surface area contributed by atoms with E-state index in [0.29, 0.717) is 15.6 Å². The smallest absolute Gasteiger partial charge is 0.264 e. The minimum atomic E-state index is -4.13. The van der Waals surface area contributed by atoms with Crippen molar-refractivity contribution in [3.63, 3.8) is 0 Å². The van der Waals surface area contributed by atoms with Crippen molar-refractivity contribution in [2.75, 3.05) is 11.3 Å². The number of carbonyl (C=O) groups is 1. The highest BCUT2D eigenvalue weighted by atomic mass is 35.5. The van der Waals surface area contributed by atoms with Crippen LogP contribution in [0.1, 0.15) is 28.8 Å². The molecule has 13 heteroatoms. The summed E-state index contributed by atoms with van der Waals surface area (Å²) < 4.78 is 37.0. The number of carbonyl (C=O) groups excluding carboxylic acids is 1. The van der Waals surface area contributed by atoms with Gasteiger partial charge >= 0.3 is 0 Å². The molecule has 2 N–H and O–H groups in total. The van der Waals surface area contributed by atoms with Crippen molar-refractivity contribution in [2.45, 2.75) is 17.7 Å². The van der Waals surface area contributed by atoms with Crippen LogP contribution in [0.25, 0.3) is 11.0 Å². The fourth-order valence-electron chi connectivity index (χ4n) is 3.29. The highest BCUT2D eigenvalue weighted by molar-refractivity contribution is 7.93. The van der Waals surface area contributed by atoms with Crippen LogP contribution in [0.2, 0.25) is 20.1 Å². The first-order chi connectivity index (χ1) is 16.6. The third-order valence-corrected chi connectivity index (χ3v) is 8.57. The third kappa shape index (κ3) is 5.66.